The Hall–Kier alpha value is -2.98. The van der Waals surface area contributed by atoms with Crippen molar-refractivity contribution < 1.29 is 23.0 Å². The second kappa shape index (κ2) is 10.8. The van der Waals surface area contributed by atoms with Gasteiger partial charge in [0, 0.05) is 13.1 Å². The standard InChI is InChI=1S/C23H24F2N4O3S/c1-16-7-8-20(32-21(24)25)18(13-16)19(30)15-33-23-27-26-22(28-9-11-31-12-10-28)29(23)14-17-5-3-2-4-6-17/h2-8,13,21H,9-12,14-15H2,1H3. The highest BCUT2D eigenvalue weighted by Gasteiger charge is 2.23. The largest absolute Gasteiger partial charge is 0.434 e. The summed E-state index contributed by atoms with van der Waals surface area (Å²) >= 11 is 1.23. The molecule has 0 radical (unpaired) electrons. The third-order valence-electron chi connectivity index (χ3n) is 5.16. The van der Waals surface area contributed by atoms with Crippen molar-refractivity contribution in [3.8, 4) is 5.75 Å². The fourth-order valence-corrected chi connectivity index (χ4v) is 4.37. The van der Waals surface area contributed by atoms with Crippen molar-refractivity contribution in [2.24, 2.45) is 0 Å². The van der Waals surface area contributed by atoms with E-state index < -0.39 is 6.61 Å². The van der Waals surface area contributed by atoms with Gasteiger partial charge < -0.3 is 14.4 Å². The van der Waals surface area contributed by atoms with Crippen LogP contribution in [0.15, 0.2) is 53.7 Å². The molecule has 0 amide bonds. The van der Waals surface area contributed by atoms with Gasteiger partial charge in [-0.3, -0.25) is 9.36 Å². The number of hydrogen-bond donors (Lipinski definition) is 0. The molecule has 2 heterocycles. The van der Waals surface area contributed by atoms with Gasteiger partial charge in [0.15, 0.2) is 10.9 Å². The number of benzene rings is 2. The van der Waals surface area contributed by atoms with Gasteiger partial charge in [0.1, 0.15) is 5.75 Å². The van der Waals surface area contributed by atoms with E-state index in [1.807, 2.05) is 34.9 Å². The van der Waals surface area contributed by atoms with E-state index in [-0.39, 0.29) is 22.8 Å². The Balaban J connectivity index is 1.56. The zero-order valence-corrected chi connectivity index (χ0v) is 18.9. The van der Waals surface area contributed by atoms with Gasteiger partial charge in [-0.15, -0.1) is 10.2 Å². The predicted molar refractivity (Wildman–Crippen MR) is 121 cm³/mol. The molecule has 1 aromatic heterocycles. The van der Waals surface area contributed by atoms with Gasteiger partial charge in [-0.05, 0) is 24.6 Å². The molecule has 1 aliphatic rings. The summed E-state index contributed by atoms with van der Waals surface area (Å²) in [5, 5.41) is 9.30. The van der Waals surface area contributed by atoms with Crippen LogP contribution in [0.1, 0.15) is 21.5 Å². The summed E-state index contributed by atoms with van der Waals surface area (Å²) in [4.78, 5) is 15.0. The quantitative estimate of drug-likeness (QED) is 0.342. The first-order valence-electron chi connectivity index (χ1n) is 10.5. The lowest BCUT2D eigenvalue weighted by atomic mass is 10.1. The molecule has 7 nitrogen and oxygen atoms in total. The van der Waals surface area contributed by atoms with Gasteiger partial charge in [-0.2, -0.15) is 8.78 Å². The zero-order valence-electron chi connectivity index (χ0n) is 18.1. The van der Waals surface area contributed by atoms with E-state index in [1.54, 1.807) is 19.1 Å². The van der Waals surface area contributed by atoms with E-state index in [2.05, 4.69) is 19.8 Å². The number of ketones is 1. The SMILES string of the molecule is Cc1ccc(OC(F)F)c(C(=O)CSc2nnc(N3CCOCC3)n2Cc2ccccc2)c1. The molecule has 1 saturated heterocycles. The number of Topliss-reactive ketones (excluding diaryl/α,β-unsaturated/α-hetero) is 1. The van der Waals surface area contributed by atoms with Crippen LogP contribution < -0.4 is 9.64 Å². The summed E-state index contributed by atoms with van der Waals surface area (Å²) in [5.74, 6) is 0.288. The monoisotopic (exact) mass is 474 g/mol. The van der Waals surface area contributed by atoms with Crippen molar-refractivity contribution in [2.75, 3.05) is 37.0 Å². The summed E-state index contributed by atoms with van der Waals surface area (Å²) in [5.41, 5.74) is 1.99. The van der Waals surface area contributed by atoms with E-state index in [0.29, 0.717) is 38.0 Å². The minimum absolute atomic E-state index is 0.0130. The molecule has 4 rings (SSSR count). The number of rotatable bonds is 9. The number of halogens is 2. The Morgan fingerprint density at radius 3 is 2.64 bits per heavy atom. The van der Waals surface area contributed by atoms with E-state index in [4.69, 9.17) is 4.74 Å². The summed E-state index contributed by atoms with van der Waals surface area (Å²) in [6, 6.07) is 14.5. The number of carbonyl (C=O) groups is 1. The van der Waals surface area contributed by atoms with Crippen molar-refractivity contribution in [1.82, 2.24) is 14.8 Å². The third-order valence-corrected chi connectivity index (χ3v) is 6.13. The first-order chi connectivity index (χ1) is 16.0. The lowest BCUT2D eigenvalue weighted by Crippen LogP contribution is -2.38. The fourth-order valence-electron chi connectivity index (χ4n) is 3.56. The summed E-state index contributed by atoms with van der Waals surface area (Å²) in [7, 11) is 0. The number of thioether (sulfide) groups is 1. The smallest absolute Gasteiger partial charge is 0.387 e. The van der Waals surface area contributed by atoms with Crippen molar-refractivity contribution in [3.63, 3.8) is 0 Å². The number of morpholine rings is 1. The number of anilines is 1. The van der Waals surface area contributed by atoms with E-state index >= 15 is 0 Å². The number of aromatic nitrogens is 3. The maximum atomic E-state index is 12.9. The Bertz CT molecular complexity index is 1090. The average Bonchev–Trinajstić information content (AvgIpc) is 3.22. The molecule has 0 N–H and O–H groups in total. The molecule has 174 valence electrons. The van der Waals surface area contributed by atoms with Crippen molar-refractivity contribution in [2.45, 2.75) is 25.2 Å². The zero-order chi connectivity index (χ0) is 23.2. The van der Waals surface area contributed by atoms with Gasteiger partial charge >= 0.3 is 6.61 Å². The van der Waals surface area contributed by atoms with Crippen LogP contribution in [-0.2, 0) is 11.3 Å². The Morgan fingerprint density at radius 2 is 1.91 bits per heavy atom. The third kappa shape index (κ3) is 5.88. The van der Waals surface area contributed by atoms with E-state index in [1.165, 1.54) is 17.8 Å². The normalized spacial score (nSPS) is 14.0. The Labute approximate surface area is 194 Å². The first-order valence-corrected chi connectivity index (χ1v) is 11.5. The van der Waals surface area contributed by atoms with Crippen LogP contribution in [0.4, 0.5) is 14.7 Å². The highest BCUT2D eigenvalue weighted by atomic mass is 32.2. The van der Waals surface area contributed by atoms with Crippen LogP contribution in [0.5, 0.6) is 5.75 Å². The van der Waals surface area contributed by atoms with Gasteiger partial charge in [0.05, 0.1) is 31.1 Å². The van der Waals surface area contributed by atoms with Crippen molar-refractivity contribution in [1.29, 1.82) is 0 Å². The van der Waals surface area contributed by atoms with Crippen LogP contribution in [0, 0.1) is 6.92 Å². The van der Waals surface area contributed by atoms with Crippen molar-refractivity contribution in [3.05, 3.63) is 65.2 Å². The predicted octanol–water partition coefficient (Wildman–Crippen LogP) is 4.05. The molecule has 2 aromatic carbocycles. The van der Waals surface area contributed by atoms with Crippen LogP contribution in [0.2, 0.25) is 0 Å². The second-order valence-electron chi connectivity index (χ2n) is 7.54. The second-order valence-corrected chi connectivity index (χ2v) is 8.49. The van der Waals surface area contributed by atoms with Crippen LogP contribution in [0.3, 0.4) is 0 Å². The molecule has 0 bridgehead atoms. The molecule has 3 aromatic rings. The lowest BCUT2D eigenvalue weighted by Gasteiger charge is -2.28. The maximum Gasteiger partial charge on any atom is 0.387 e. The van der Waals surface area contributed by atoms with Crippen LogP contribution in [-0.4, -0.2) is 59.2 Å². The number of aryl methyl sites for hydroxylation is 1. The average molecular weight is 475 g/mol. The van der Waals surface area contributed by atoms with Gasteiger partial charge in [0.25, 0.3) is 0 Å². The molecule has 1 fully saturated rings. The molecule has 0 unspecified atom stereocenters. The molecule has 0 saturated carbocycles. The molecular formula is C23H24F2N4O3S. The van der Waals surface area contributed by atoms with Crippen LogP contribution >= 0.6 is 11.8 Å². The molecule has 0 atom stereocenters. The van der Waals surface area contributed by atoms with Gasteiger partial charge in [0.2, 0.25) is 5.95 Å². The summed E-state index contributed by atoms with van der Waals surface area (Å²) in [6.07, 6.45) is 0. The molecule has 1 aliphatic heterocycles. The van der Waals surface area contributed by atoms with E-state index in [0.717, 1.165) is 17.1 Å². The fraction of sp³-hybridized carbons (Fsp3) is 0.348. The summed E-state index contributed by atoms with van der Waals surface area (Å²) in [6.45, 7) is 1.96. The Kier molecular flexibility index (Phi) is 7.56. The van der Waals surface area contributed by atoms with Crippen LogP contribution in [0.25, 0.3) is 0 Å². The first kappa shape index (κ1) is 23.2. The molecular weight excluding hydrogens is 450 g/mol. The number of hydrogen-bond acceptors (Lipinski definition) is 7. The molecule has 0 aliphatic carbocycles. The van der Waals surface area contributed by atoms with E-state index in [9.17, 15) is 13.6 Å². The topological polar surface area (TPSA) is 69.5 Å². The number of carbonyl (C=O) groups excluding carboxylic acids is 1. The minimum atomic E-state index is -3.00. The van der Waals surface area contributed by atoms with Gasteiger partial charge in [-0.25, -0.2) is 0 Å². The lowest BCUT2D eigenvalue weighted by molar-refractivity contribution is -0.0501. The molecule has 0 spiro atoms. The number of alkyl halides is 2. The number of ether oxygens (including phenoxy) is 2. The Morgan fingerprint density at radius 1 is 1.15 bits per heavy atom. The highest BCUT2D eigenvalue weighted by molar-refractivity contribution is 7.99. The molecule has 33 heavy (non-hydrogen) atoms. The maximum absolute atomic E-state index is 12.9. The minimum Gasteiger partial charge on any atom is -0.434 e. The summed E-state index contributed by atoms with van der Waals surface area (Å²) < 4.78 is 37.5. The molecule has 10 heteroatoms. The van der Waals surface area contributed by atoms with Gasteiger partial charge in [-0.1, -0.05) is 53.7 Å². The van der Waals surface area contributed by atoms with Crippen molar-refractivity contribution >= 4 is 23.5 Å². The highest BCUT2D eigenvalue weighted by Crippen LogP contribution is 2.28. The number of nitrogens with zero attached hydrogens (tertiary/aromatic N) is 4.